The fourth-order valence-corrected chi connectivity index (χ4v) is 2.49. The second-order valence-electron chi connectivity index (χ2n) is 6.66. The fraction of sp³-hybridized carbons (Fsp3) is 0.278. The summed E-state index contributed by atoms with van der Waals surface area (Å²) in [6.45, 7) is 5.57. The molecule has 1 N–H and O–H groups in total. The van der Waals surface area contributed by atoms with Gasteiger partial charge in [0.05, 0.1) is 4.92 Å². The molecule has 7 nitrogen and oxygen atoms in total. The average Bonchev–Trinajstić information content (AvgIpc) is 2.51. The Labute approximate surface area is 155 Å². The Morgan fingerprint density at radius 2 is 1.96 bits per heavy atom. The van der Waals surface area contributed by atoms with Crippen LogP contribution in [0.25, 0.3) is 0 Å². The van der Waals surface area contributed by atoms with Gasteiger partial charge in [-0.1, -0.05) is 23.7 Å². The van der Waals surface area contributed by atoms with E-state index in [0.29, 0.717) is 16.3 Å². The normalized spacial score (nSPS) is 11.1. The van der Waals surface area contributed by atoms with Crippen molar-refractivity contribution in [2.24, 2.45) is 0 Å². The van der Waals surface area contributed by atoms with Gasteiger partial charge in [0.25, 0.3) is 0 Å². The van der Waals surface area contributed by atoms with Gasteiger partial charge in [-0.05, 0) is 44.5 Å². The monoisotopic (exact) mass is 378 g/mol. The van der Waals surface area contributed by atoms with Crippen LogP contribution in [0.3, 0.4) is 0 Å². The molecule has 8 heteroatoms. The van der Waals surface area contributed by atoms with Crippen LogP contribution in [0.1, 0.15) is 26.3 Å². The lowest BCUT2D eigenvalue weighted by atomic mass is 10.1. The van der Waals surface area contributed by atoms with Gasteiger partial charge in [0.1, 0.15) is 5.75 Å². The molecule has 0 aliphatic carbocycles. The number of ether oxygens (including phenoxy) is 1. The number of halogens is 1. The van der Waals surface area contributed by atoms with E-state index >= 15 is 0 Å². The van der Waals surface area contributed by atoms with E-state index in [1.54, 1.807) is 45.0 Å². The molecule has 0 fully saturated rings. The molecule has 0 unspecified atom stereocenters. The van der Waals surface area contributed by atoms with Gasteiger partial charge in [-0.25, -0.2) is 4.79 Å². The van der Waals surface area contributed by atoms with Crippen LogP contribution in [0.4, 0.5) is 10.5 Å². The average molecular weight is 379 g/mol. The van der Waals surface area contributed by atoms with Crippen LogP contribution in [-0.2, 0) is 6.54 Å². The molecule has 0 bridgehead atoms. The molecule has 2 aromatic carbocycles. The van der Waals surface area contributed by atoms with Gasteiger partial charge in [-0.15, -0.1) is 0 Å². The second-order valence-corrected chi connectivity index (χ2v) is 7.09. The Hall–Kier alpha value is -2.80. The quantitative estimate of drug-likeness (QED) is 0.561. The van der Waals surface area contributed by atoms with Crippen molar-refractivity contribution in [2.75, 3.05) is 0 Å². The molecule has 0 aromatic heterocycles. The van der Waals surface area contributed by atoms with Crippen LogP contribution in [0, 0.1) is 10.1 Å². The highest BCUT2D eigenvalue weighted by Crippen LogP contribution is 2.34. The molecule has 0 aliphatic heterocycles. The molecule has 0 saturated heterocycles. The summed E-state index contributed by atoms with van der Waals surface area (Å²) in [5.74, 6) is 0.373. The summed E-state index contributed by atoms with van der Waals surface area (Å²) in [7, 11) is 0. The highest BCUT2D eigenvalue weighted by Gasteiger charge is 2.26. The van der Waals surface area contributed by atoms with Crippen molar-refractivity contribution in [3.63, 3.8) is 0 Å². The van der Waals surface area contributed by atoms with Crippen LogP contribution in [0.2, 0.25) is 5.02 Å². The molecule has 0 saturated carbocycles. The summed E-state index contributed by atoms with van der Waals surface area (Å²) in [4.78, 5) is 23.4. The zero-order valence-electron chi connectivity index (χ0n) is 14.6. The Balaban J connectivity index is 2.29. The van der Waals surface area contributed by atoms with Gasteiger partial charge in [0, 0.05) is 29.2 Å². The van der Waals surface area contributed by atoms with Crippen molar-refractivity contribution >= 4 is 23.4 Å². The van der Waals surface area contributed by atoms with E-state index in [9.17, 15) is 20.0 Å². The standard InChI is InChI=1S/C18H19ClN2O5/c1-18(2,3)20(17(22)23)11-12-5-4-6-14(9-12)26-16-10-13(19)7-8-15(16)21(24)25/h4-10H,11H2,1-3H3,(H,22,23). The lowest BCUT2D eigenvalue weighted by Gasteiger charge is -2.33. The largest absolute Gasteiger partial charge is 0.465 e. The number of carbonyl (C=O) groups is 1. The summed E-state index contributed by atoms with van der Waals surface area (Å²) in [6, 6.07) is 10.8. The van der Waals surface area contributed by atoms with Crippen LogP contribution < -0.4 is 4.74 Å². The number of nitro groups is 1. The predicted molar refractivity (Wildman–Crippen MR) is 97.9 cm³/mol. The maximum Gasteiger partial charge on any atom is 0.408 e. The van der Waals surface area contributed by atoms with Gasteiger partial charge in [0.2, 0.25) is 5.75 Å². The lowest BCUT2D eigenvalue weighted by Crippen LogP contribution is -2.44. The number of rotatable bonds is 5. The van der Waals surface area contributed by atoms with Gasteiger partial charge in [-0.3, -0.25) is 15.0 Å². The molecule has 138 valence electrons. The maximum atomic E-state index is 11.5. The molecular formula is C18H19ClN2O5. The summed E-state index contributed by atoms with van der Waals surface area (Å²) >= 11 is 5.90. The minimum absolute atomic E-state index is 0.0190. The van der Waals surface area contributed by atoms with E-state index in [1.807, 2.05) is 0 Å². The number of nitro benzene ring substituents is 1. The Kier molecular flexibility index (Phi) is 5.72. The van der Waals surface area contributed by atoms with Gasteiger partial charge < -0.3 is 9.84 Å². The highest BCUT2D eigenvalue weighted by atomic mass is 35.5. The van der Waals surface area contributed by atoms with Crippen molar-refractivity contribution in [1.29, 1.82) is 0 Å². The van der Waals surface area contributed by atoms with E-state index in [4.69, 9.17) is 16.3 Å². The van der Waals surface area contributed by atoms with Crippen molar-refractivity contribution in [3.05, 3.63) is 63.2 Å². The SMILES string of the molecule is CC(C)(C)N(Cc1cccc(Oc2cc(Cl)ccc2[N+](=O)[O-])c1)C(=O)O. The van der Waals surface area contributed by atoms with E-state index < -0.39 is 16.6 Å². The first-order valence-corrected chi connectivity index (χ1v) is 8.17. The Bertz CT molecular complexity index is 833. The summed E-state index contributed by atoms with van der Waals surface area (Å²) in [5.41, 5.74) is -0.0831. The molecule has 0 aliphatic rings. The minimum atomic E-state index is -1.03. The van der Waals surface area contributed by atoms with E-state index in [2.05, 4.69) is 0 Å². The number of benzene rings is 2. The Morgan fingerprint density at radius 3 is 2.54 bits per heavy atom. The van der Waals surface area contributed by atoms with Crippen LogP contribution >= 0.6 is 11.6 Å². The van der Waals surface area contributed by atoms with E-state index in [1.165, 1.54) is 23.1 Å². The van der Waals surface area contributed by atoms with Crippen LogP contribution in [-0.4, -0.2) is 26.6 Å². The zero-order chi connectivity index (χ0) is 19.5. The van der Waals surface area contributed by atoms with Crippen molar-refractivity contribution in [3.8, 4) is 11.5 Å². The maximum absolute atomic E-state index is 11.5. The van der Waals surface area contributed by atoms with Gasteiger partial charge in [-0.2, -0.15) is 0 Å². The number of hydrogen-bond acceptors (Lipinski definition) is 4. The predicted octanol–water partition coefficient (Wildman–Crippen LogP) is 5.32. The van der Waals surface area contributed by atoms with E-state index in [-0.39, 0.29) is 18.0 Å². The molecule has 0 heterocycles. The number of nitrogens with zero attached hydrogens (tertiary/aromatic N) is 2. The third-order valence-electron chi connectivity index (χ3n) is 3.63. The number of carboxylic acid groups (broad SMARTS) is 1. The van der Waals surface area contributed by atoms with Crippen LogP contribution in [0.15, 0.2) is 42.5 Å². The van der Waals surface area contributed by atoms with Crippen molar-refractivity contribution in [1.82, 2.24) is 4.90 Å². The minimum Gasteiger partial charge on any atom is -0.465 e. The first kappa shape index (κ1) is 19.5. The molecule has 2 aromatic rings. The highest BCUT2D eigenvalue weighted by molar-refractivity contribution is 6.30. The Morgan fingerprint density at radius 1 is 1.27 bits per heavy atom. The topological polar surface area (TPSA) is 92.9 Å². The molecule has 0 radical (unpaired) electrons. The van der Waals surface area contributed by atoms with Gasteiger partial charge in [0.15, 0.2) is 0 Å². The third kappa shape index (κ3) is 4.86. The molecule has 2 rings (SSSR count). The number of amides is 1. The number of hydrogen-bond donors (Lipinski definition) is 1. The zero-order valence-corrected chi connectivity index (χ0v) is 15.4. The molecule has 0 spiro atoms. The second kappa shape index (κ2) is 7.61. The molecule has 26 heavy (non-hydrogen) atoms. The molecular weight excluding hydrogens is 360 g/mol. The lowest BCUT2D eigenvalue weighted by molar-refractivity contribution is -0.385. The summed E-state index contributed by atoms with van der Waals surface area (Å²) in [5, 5.41) is 20.9. The van der Waals surface area contributed by atoms with Crippen molar-refractivity contribution < 1.29 is 19.6 Å². The first-order chi connectivity index (χ1) is 12.1. The third-order valence-corrected chi connectivity index (χ3v) is 3.86. The van der Waals surface area contributed by atoms with Crippen LogP contribution in [0.5, 0.6) is 11.5 Å². The fourth-order valence-electron chi connectivity index (χ4n) is 2.33. The first-order valence-electron chi connectivity index (χ1n) is 7.79. The summed E-state index contributed by atoms with van der Waals surface area (Å²) in [6.07, 6.45) is -1.03. The van der Waals surface area contributed by atoms with Crippen molar-refractivity contribution in [2.45, 2.75) is 32.9 Å². The molecule has 0 atom stereocenters. The summed E-state index contributed by atoms with van der Waals surface area (Å²) < 4.78 is 5.63. The van der Waals surface area contributed by atoms with Gasteiger partial charge >= 0.3 is 11.8 Å². The molecule has 1 amide bonds. The van der Waals surface area contributed by atoms with E-state index in [0.717, 1.165) is 0 Å². The smallest absolute Gasteiger partial charge is 0.408 e.